The lowest BCUT2D eigenvalue weighted by Crippen LogP contribution is -2.56. The zero-order valence-electron chi connectivity index (χ0n) is 23.4. The van der Waals surface area contributed by atoms with Crippen molar-refractivity contribution in [2.45, 2.75) is 36.1 Å². The highest BCUT2D eigenvalue weighted by atomic mass is 32.2. The van der Waals surface area contributed by atoms with Crippen molar-refractivity contribution in [1.82, 2.24) is 14.2 Å². The largest absolute Gasteiger partial charge is 0.497 e. The quantitative estimate of drug-likeness (QED) is 0.304. The van der Waals surface area contributed by atoms with Gasteiger partial charge >= 0.3 is 6.03 Å². The van der Waals surface area contributed by atoms with E-state index in [-0.39, 0.29) is 31.1 Å². The number of aliphatic hydroxyl groups is 1. The maximum absolute atomic E-state index is 13.7. The topological polar surface area (TPSA) is 115 Å². The van der Waals surface area contributed by atoms with Crippen LogP contribution in [0.4, 0.5) is 14.9 Å². The minimum atomic E-state index is -3.69. The number of carbonyl (C=O) groups is 1. The van der Waals surface area contributed by atoms with Crippen molar-refractivity contribution < 1.29 is 27.4 Å². The summed E-state index contributed by atoms with van der Waals surface area (Å²) in [5.41, 5.74) is 3.36. The Morgan fingerprint density at radius 3 is 2.43 bits per heavy atom. The number of aromatic amines is 1. The number of sulfonamides is 1. The third-order valence-electron chi connectivity index (χ3n) is 8.62. The number of benzene rings is 3. The molecule has 1 aromatic heterocycles. The van der Waals surface area contributed by atoms with Crippen molar-refractivity contribution in [2.75, 3.05) is 38.7 Å². The number of hydrogen-bond donors (Lipinski definition) is 3. The normalized spacial score (nSPS) is 18.7. The summed E-state index contributed by atoms with van der Waals surface area (Å²) < 4.78 is 47.5. The summed E-state index contributed by atoms with van der Waals surface area (Å²) in [6.45, 7) is 2.41. The fourth-order valence-corrected chi connectivity index (χ4v) is 7.81. The summed E-state index contributed by atoms with van der Waals surface area (Å²) in [7, 11) is -2.10. The number of rotatable bonds is 5. The lowest BCUT2D eigenvalue weighted by molar-refractivity contribution is 0.0860. The van der Waals surface area contributed by atoms with Crippen LogP contribution in [0, 0.1) is 12.7 Å². The predicted octanol–water partition coefficient (Wildman–Crippen LogP) is 4.93. The molecule has 0 bridgehead atoms. The third-order valence-corrected chi connectivity index (χ3v) is 10.5. The number of urea groups is 1. The molecule has 4 aromatic rings. The summed E-state index contributed by atoms with van der Waals surface area (Å²) in [6, 6.07) is 17.0. The van der Waals surface area contributed by atoms with Crippen LogP contribution in [0.5, 0.6) is 5.75 Å². The molecule has 1 fully saturated rings. The molecule has 3 heterocycles. The van der Waals surface area contributed by atoms with Crippen LogP contribution in [-0.2, 0) is 15.4 Å². The minimum absolute atomic E-state index is 0.258. The number of aliphatic hydroxyl groups excluding tert-OH is 1. The number of piperidine rings is 1. The highest BCUT2D eigenvalue weighted by Gasteiger charge is 2.50. The van der Waals surface area contributed by atoms with Crippen LogP contribution in [0.3, 0.4) is 0 Å². The van der Waals surface area contributed by atoms with Gasteiger partial charge in [-0.05, 0) is 73.9 Å². The Bertz CT molecular complexity index is 1730. The number of halogens is 1. The first-order valence-electron chi connectivity index (χ1n) is 13.9. The summed E-state index contributed by atoms with van der Waals surface area (Å²) in [5.74, 6) is 0.254. The number of methoxy groups -OCH3 is 1. The van der Waals surface area contributed by atoms with Gasteiger partial charge in [0, 0.05) is 53.4 Å². The van der Waals surface area contributed by atoms with Gasteiger partial charge in [-0.3, -0.25) is 0 Å². The first-order valence-corrected chi connectivity index (χ1v) is 15.3. The molecule has 0 unspecified atom stereocenters. The van der Waals surface area contributed by atoms with Gasteiger partial charge in [0.2, 0.25) is 10.0 Å². The number of amides is 2. The monoisotopic (exact) mass is 592 g/mol. The van der Waals surface area contributed by atoms with Crippen LogP contribution in [0.1, 0.15) is 35.7 Å². The van der Waals surface area contributed by atoms with Gasteiger partial charge in [0.05, 0.1) is 24.7 Å². The van der Waals surface area contributed by atoms with Crippen LogP contribution in [-0.4, -0.2) is 67.1 Å². The summed E-state index contributed by atoms with van der Waals surface area (Å²) >= 11 is 0. The van der Waals surface area contributed by atoms with Gasteiger partial charge in [-0.1, -0.05) is 17.7 Å². The molecule has 9 nitrogen and oxygen atoms in total. The van der Waals surface area contributed by atoms with Gasteiger partial charge < -0.3 is 25.0 Å². The first kappa shape index (κ1) is 28.2. The third kappa shape index (κ3) is 4.81. The van der Waals surface area contributed by atoms with Crippen LogP contribution in [0.15, 0.2) is 71.6 Å². The molecule has 0 saturated carbocycles. The van der Waals surface area contributed by atoms with Crippen LogP contribution in [0.2, 0.25) is 0 Å². The molecular formula is C31H33FN4O5S. The zero-order valence-corrected chi connectivity index (χ0v) is 24.2. The number of aryl methyl sites for hydroxylation is 1. The molecule has 1 atom stereocenters. The number of ether oxygens (including phenoxy) is 1. The maximum Gasteiger partial charge on any atom is 0.322 e. The Balaban J connectivity index is 1.38. The van der Waals surface area contributed by atoms with E-state index < -0.39 is 33.3 Å². The van der Waals surface area contributed by atoms with Crippen molar-refractivity contribution in [3.8, 4) is 5.75 Å². The van der Waals surface area contributed by atoms with E-state index in [4.69, 9.17) is 4.74 Å². The molecule has 1 spiro atoms. The first-order chi connectivity index (χ1) is 20.1. The Labute approximate surface area is 244 Å². The Morgan fingerprint density at radius 1 is 1.10 bits per heavy atom. The Hall–Kier alpha value is -3.93. The lowest BCUT2D eigenvalue weighted by Gasteiger charge is -2.49. The zero-order chi connectivity index (χ0) is 29.6. The van der Waals surface area contributed by atoms with Crippen molar-refractivity contribution in [1.29, 1.82) is 0 Å². The minimum Gasteiger partial charge on any atom is -0.497 e. The smallest absolute Gasteiger partial charge is 0.322 e. The molecule has 3 aromatic carbocycles. The van der Waals surface area contributed by atoms with Crippen molar-refractivity contribution in [3.63, 3.8) is 0 Å². The van der Waals surface area contributed by atoms with Gasteiger partial charge in [-0.2, -0.15) is 4.31 Å². The highest BCUT2D eigenvalue weighted by Crippen LogP contribution is 2.49. The number of fused-ring (bicyclic) bond motifs is 4. The van der Waals surface area contributed by atoms with Crippen molar-refractivity contribution in [2.24, 2.45) is 0 Å². The Kier molecular flexibility index (Phi) is 7.20. The van der Waals surface area contributed by atoms with Gasteiger partial charge in [0.25, 0.3) is 0 Å². The van der Waals surface area contributed by atoms with Gasteiger partial charge in [0.15, 0.2) is 0 Å². The molecule has 42 heavy (non-hydrogen) atoms. The van der Waals surface area contributed by atoms with E-state index in [9.17, 15) is 22.7 Å². The number of hydrogen-bond acceptors (Lipinski definition) is 5. The molecule has 0 aliphatic carbocycles. The van der Waals surface area contributed by atoms with E-state index >= 15 is 0 Å². The second kappa shape index (κ2) is 10.7. The Morgan fingerprint density at radius 2 is 1.79 bits per heavy atom. The second-order valence-corrected chi connectivity index (χ2v) is 13.0. The fraction of sp³-hybridized carbons (Fsp3) is 0.323. The summed E-state index contributed by atoms with van der Waals surface area (Å²) in [4.78, 5) is 19.0. The molecule has 0 radical (unpaired) electrons. The van der Waals surface area contributed by atoms with E-state index in [2.05, 4.69) is 10.3 Å². The maximum atomic E-state index is 13.7. The van der Waals surface area contributed by atoms with E-state index in [0.29, 0.717) is 24.3 Å². The number of anilines is 1. The number of nitrogens with zero attached hydrogens (tertiary/aromatic N) is 2. The summed E-state index contributed by atoms with van der Waals surface area (Å²) in [6.07, 6.45) is 0.950. The predicted molar refractivity (Wildman–Crippen MR) is 158 cm³/mol. The van der Waals surface area contributed by atoms with Crippen LogP contribution >= 0.6 is 0 Å². The molecule has 1 saturated heterocycles. The lowest BCUT2D eigenvalue weighted by atomic mass is 9.68. The SMILES string of the molecule is COc1ccc2c3c([nH]c2c1)[C@H](CO)N(C(=O)Nc1ccc(F)cc1)CC31CCN(S(=O)(=O)c2ccc(C)cc2)CC1. The average Bonchev–Trinajstić information content (AvgIpc) is 3.38. The molecule has 220 valence electrons. The van der Waals surface area contributed by atoms with Crippen molar-refractivity contribution >= 4 is 32.6 Å². The van der Waals surface area contributed by atoms with Crippen LogP contribution < -0.4 is 10.1 Å². The standard InChI is InChI=1S/C31H33FN4O5S/c1-20-3-10-24(11-4-20)42(39,40)35-15-13-31(14-16-35)19-36(30(38)33-22-7-5-21(32)6-8-22)27(18-37)29-28(31)25-12-9-23(41-2)17-26(25)34-29/h3-12,17,27,34,37H,13-16,18-19H2,1-2H3,(H,33,38)/t27-/m0/s1. The molecule has 6 rings (SSSR count). The van der Waals surface area contributed by atoms with Gasteiger partial charge in [-0.15, -0.1) is 0 Å². The molecular weight excluding hydrogens is 559 g/mol. The van der Waals surface area contributed by atoms with Gasteiger partial charge in [-0.25, -0.2) is 17.6 Å². The molecule has 2 aliphatic rings. The van der Waals surface area contributed by atoms with Crippen molar-refractivity contribution in [3.05, 3.63) is 89.4 Å². The number of H-pyrrole nitrogens is 1. The second-order valence-electron chi connectivity index (χ2n) is 11.1. The average molecular weight is 593 g/mol. The number of aromatic nitrogens is 1. The fourth-order valence-electron chi connectivity index (χ4n) is 6.37. The van der Waals surface area contributed by atoms with E-state index in [1.54, 1.807) is 36.3 Å². The van der Waals surface area contributed by atoms with E-state index in [1.165, 1.54) is 28.6 Å². The van der Waals surface area contributed by atoms with E-state index in [1.807, 2.05) is 25.1 Å². The van der Waals surface area contributed by atoms with Crippen LogP contribution in [0.25, 0.3) is 10.9 Å². The van der Waals surface area contributed by atoms with Gasteiger partial charge in [0.1, 0.15) is 11.6 Å². The molecule has 3 N–H and O–H groups in total. The molecule has 2 amide bonds. The number of carbonyl (C=O) groups excluding carboxylic acids is 1. The molecule has 11 heteroatoms. The number of nitrogens with one attached hydrogen (secondary N) is 2. The highest BCUT2D eigenvalue weighted by molar-refractivity contribution is 7.89. The van der Waals surface area contributed by atoms with E-state index in [0.717, 1.165) is 27.7 Å². The molecule has 2 aliphatic heterocycles. The summed E-state index contributed by atoms with van der Waals surface area (Å²) in [5, 5.41) is 14.4.